The van der Waals surface area contributed by atoms with Crippen LogP contribution in [-0.4, -0.2) is 43.9 Å². The number of amides is 1. The predicted octanol–water partition coefficient (Wildman–Crippen LogP) is 5.84. The molecule has 40 heavy (non-hydrogen) atoms. The highest BCUT2D eigenvalue weighted by Gasteiger charge is 2.24. The molecule has 0 radical (unpaired) electrons. The number of nitrogens with one attached hydrogen (secondary N) is 2. The number of carboxylic acid groups (broad SMARTS) is 1. The first-order chi connectivity index (χ1) is 19.0. The third kappa shape index (κ3) is 8.43. The number of rotatable bonds is 11. The second-order valence-corrected chi connectivity index (χ2v) is 11.8. The number of anilines is 1. The average Bonchev–Trinajstić information content (AvgIpc) is 3.29. The summed E-state index contributed by atoms with van der Waals surface area (Å²) in [6, 6.07) is 8.11. The molecule has 1 unspecified atom stereocenters. The van der Waals surface area contributed by atoms with Crippen molar-refractivity contribution in [2.75, 3.05) is 11.9 Å². The molecule has 1 atom stereocenters. The van der Waals surface area contributed by atoms with Crippen LogP contribution in [0.15, 0.2) is 36.5 Å². The van der Waals surface area contributed by atoms with Gasteiger partial charge in [0, 0.05) is 35.0 Å². The second-order valence-electron chi connectivity index (χ2n) is 10.9. The quantitative estimate of drug-likeness (QED) is 0.258. The number of aliphatic carboxylic acids is 1. The molecule has 0 bridgehead atoms. The summed E-state index contributed by atoms with van der Waals surface area (Å²) in [6.45, 7) is 7.43. The summed E-state index contributed by atoms with van der Waals surface area (Å²) in [5.74, 6) is -0.553. The zero-order valence-corrected chi connectivity index (χ0v) is 24.5. The highest BCUT2D eigenvalue weighted by molar-refractivity contribution is 6.34. The van der Waals surface area contributed by atoms with Crippen LogP contribution in [0.1, 0.15) is 78.9 Å². The maximum Gasteiger partial charge on any atom is 0.305 e. The molecule has 0 spiro atoms. The molecule has 0 saturated heterocycles. The number of aryl methyl sites for hydroxylation is 3. The summed E-state index contributed by atoms with van der Waals surface area (Å²) < 4.78 is 7.66. The Morgan fingerprint density at radius 1 is 1.20 bits per heavy atom. The van der Waals surface area contributed by atoms with Gasteiger partial charge in [0.2, 0.25) is 0 Å². The molecule has 1 aromatic carbocycles. The standard InChI is InChI=1S/C29H35Cl2N5O4/c1-29(2,3)40-17-25-23(28(39)34-24(15-26(37)38)19-12-20(30)14-21(31)13-19)16-36(35-25)11-5-7-22-9-8-18-6-4-10-32-27(18)33-22/h8-9,12-14,16,24H,4-7,10-11,15,17H2,1-3H3,(H,32,33)(H,34,39)(H,37,38). The summed E-state index contributed by atoms with van der Waals surface area (Å²) >= 11 is 12.3. The van der Waals surface area contributed by atoms with E-state index < -0.39 is 23.5 Å². The summed E-state index contributed by atoms with van der Waals surface area (Å²) in [5.41, 5.74) is 3.12. The SMILES string of the molecule is CC(C)(C)OCc1nn(CCCc2ccc3c(n2)NCCC3)cc1C(=O)NC(CC(=O)O)c1cc(Cl)cc(Cl)c1. The van der Waals surface area contributed by atoms with Crippen molar-refractivity contribution in [3.63, 3.8) is 0 Å². The van der Waals surface area contributed by atoms with Gasteiger partial charge in [-0.25, -0.2) is 4.98 Å². The first-order valence-corrected chi connectivity index (χ1v) is 14.1. The molecule has 2 aromatic heterocycles. The number of hydrogen-bond acceptors (Lipinski definition) is 6. The van der Waals surface area contributed by atoms with Crippen molar-refractivity contribution in [1.82, 2.24) is 20.1 Å². The Morgan fingerprint density at radius 3 is 2.65 bits per heavy atom. The number of ether oxygens (including phenoxy) is 1. The lowest BCUT2D eigenvalue weighted by Gasteiger charge is -2.20. The maximum atomic E-state index is 13.5. The lowest BCUT2D eigenvalue weighted by Crippen LogP contribution is -2.31. The second kappa shape index (κ2) is 13.0. The van der Waals surface area contributed by atoms with Crippen LogP contribution in [0.25, 0.3) is 0 Å². The predicted molar refractivity (Wildman–Crippen MR) is 155 cm³/mol. The van der Waals surface area contributed by atoms with E-state index in [0.717, 1.165) is 43.7 Å². The molecule has 0 aliphatic carbocycles. The van der Waals surface area contributed by atoms with Gasteiger partial charge in [0.15, 0.2) is 0 Å². The Bertz CT molecular complexity index is 1350. The first kappa shape index (κ1) is 29.8. The molecule has 1 aliphatic rings. The molecule has 11 heteroatoms. The number of carbonyl (C=O) groups is 2. The van der Waals surface area contributed by atoms with E-state index in [2.05, 4.69) is 27.9 Å². The van der Waals surface area contributed by atoms with E-state index in [1.54, 1.807) is 29.1 Å². The van der Waals surface area contributed by atoms with Crippen molar-refractivity contribution in [2.24, 2.45) is 0 Å². The molecular weight excluding hydrogens is 553 g/mol. The Kier molecular flexibility index (Phi) is 9.71. The van der Waals surface area contributed by atoms with Gasteiger partial charge in [0.25, 0.3) is 5.91 Å². The van der Waals surface area contributed by atoms with E-state index in [4.69, 9.17) is 32.9 Å². The van der Waals surface area contributed by atoms with Gasteiger partial charge in [0.1, 0.15) is 11.5 Å². The number of carboxylic acids is 1. The normalized spacial score (nSPS) is 13.8. The van der Waals surface area contributed by atoms with E-state index in [1.165, 1.54) is 5.56 Å². The monoisotopic (exact) mass is 587 g/mol. The molecule has 0 fully saturated rings. The van der Waals surface area contributed by atoms with E-state index in [1.807, 2.05) is 20.8 Å². The van der Waals surface area contributed by atoms with Gasteiger partial charge < -0.3 is 20.5 Å². The molecule has 214 valence electrons. The van der Waals surface area contributed by atoms with Gasteiger partial charge in [-0.1, -0.05) is 29.3 Å². The Labute approximate surface area is 244 Å². The number of pyridine rings is 1. The molecule has 3 heterocycles. The average molecular weight is 589 g/mol. The molecule has 1 amide bonds. The molecule has 9 nitrogen and oxygen atoms in total. The lowest BCUT2D eigenvalue weighted by molar-refractivity contribution is -0.137. The number of aromatic nitrogens is 3. The van der Waals surface area contributed by atoms with Crippen LogP contribution in [0.3, 0.4) is 0 Å². The van der Waals surface area contributed by atoms with Crippen molar-refractivity contribution in [1.29, 1.82) is 0 Å². The highest BCUT2D eigenvalue weighted by atomic mass is 35.5. The zero-order valence-electron chi connectivity index (χ0n) is 23.0. The van der Waals surface area contributed by atoms with Crippen LogP contribution in [0.5, 0.6) is 0 Å². The molecule has 0 saturated carbocycles. The van der Waals surface area contributed by atoms with E-state index in [0.29, 0.717) is 33.4 Å². The fraction of sp³-hybridized carbons (Fsp3) is 0.448. The number of nitrogens with zero attached hydrogens (tertiary/aromatic N) is 3. The topological polar surface area (TPSA) is 118 Å². The van der Waals surface area contributed by atoms with Crippen LogP contribution < -0.4 is 10.6 Å². The third-order valence-electron chi connectivity index (χ3n) is 6.47. The fourth-order valence-electron chi connectivity index (χ4n) is 4.53. The minimum Gasteiger partial charge on any atom is -0.481 e. The minimum absolute atomic E-state index is 0.129. The smallest absolute Gasteiger partial charge is 0.305 e. The van der Waals surface area contributed by atoms with Crippen molar-refractivity contribution in [3.8, 4) is 0 Å². The zero-order chi connectivity index (χ0) is 28.9. The molecule has 4 rings (SSSR count). The molecule has 1 aliphatic heterocycles. The van der Waals surface area contributed by atoms with Crippen molar-refractivity contribution < 1.29 is 19.4 Å². The van der Waals surface area contributed by atoms with Crippen LogP contribution >= 0.6 is 23.2 Å². The minimum atomic E-state index is -1.07. The Hall–Kier alpha value is -3.14. The number of fused-ring (bicyclic) bond motifs is 1. The third-order valence-corrected chi connectivity index (χ3v) is 6.90. The number of halogens is 2. The Balaban J connectivity index is 1.50. The van der Waals surface area contributed by atoms with Crippen LogP contribution in [0, 0.1) is 0 Å². The van der Waals surface area contributed by atoms with Crippen molar-refractivity contribution in [2.45, 2.75) is 77.7 Å². The van der Waals surface area contributed by atoms with Gasteiger partial charge in [-0.15, -0.1) is 0 Å². The molecular formula is C29H35Cl2N5O4. The lowest BCUT2D eigenvalue weighted by atomic mass is 10.0. The van der Waals surface area contributed by atoms with Crippen LogP contribution in [-0.2, 0) is 35.5 Å². The summed E-state index contributed by atoms with van der Waals surface area (Å²) in [6.07, 6.45) is 5.05. The highest BCUT2D eigenvalue weighted by Crippen LogP contribution is 2.26. The van der Waals surface area contributed by atoms with Gasteiger partial charge >= 0.3 is 5.97 Å². The largest absolute Gasteiger partial charge is 0.481 e. The van der Waals surface area contributed by atoms with Crippen molar-refractivity contribution >= 4 is 40.9 Å². The van der Waals surface area contributed by atoms with Crippen LogP contribution in [0.4, 0.5) is 5.82 Å². The van der Waals surface area contributed by atoms with Crippen molar-refractivity contribution in [3.05, 3.63) is 74.7 Å². The number of carbonyl (C=O) groups excluding carboxylic acids is 1. The maximum absolute atomic E-state index is 13.5. The summed E-state index contributed by atoms with van der Waals surface area (Å²) in [7, 11) is 0. The number of hydrogen-bond donors (Lipinski definition) is 3. The Morgan fingerprint density at radius 2 is 1.95 bits per heavy atom. The van der Waals surface area contributed by atoms with Crippen LogP contribution in [0.2, 0.25) is 10.0 Å². The summed E-state index contributed by atoms with van der Waals surface area (Å²) in [4.78, 5) is 29.8. The van der Waals surface area contributed by atoms with E-state index in [-0.39, 0.29) is 13.0 Å². The number of benzene rings is 1. The molecule has 3 aromatic rings. The summed E-state index contributed by atoms with van der Waals surface area (Å²) in [5, 5.41) is 21.0. The molecule has 3 N–H and O–H groups in total. The van der Waals surface area contributed by atoms with E-state index in [9.17, 15) is 14.7 Å². The van der Waals surface area contributed by atoms with Gasteiger partial charge in [0.05, 0.1) is 30.2 Å². The van der Waals surface area contributed by atoms with E-state index >= 15 is 0 Å². The van der Waals surface area contributed by atoms with Gasteiger partial charge in [-0.05, 0) is 81.8 Å². The van der Waals surface area contributed by atoms with Gasteiger partial charge in [-0.3, -0.25) is 14.3 Å². The fourth-order valence-corrected chi connectivity index (χ4v) is 5.07. The van der Waals surface area contributed by atoms with Gasteiger partial charge in [-0.2, -0.15) is 5.10 Å². The first-order valence-electron chi connectivity index (χ1n) is 13.4.